The van der Waals surface area contributed by atoms with Crippen LogP contribution < -0.4 is 68.7 Å². The molecule has 127 heavy (non-hydrogen) atoms. The number of fused-ring (bicyclic) bond motifs is 5. The molecule has 5 amide bonds. The Morgan fingerprint density at radius 2 is 0.772 bits per heavy atom. The lowest BCUT2D eigenvalue weighted by Crippen LogP contribution is -2.25. The fourth-order valence-corrected chi connectivity index (χ4v) is 14.6. The number of amides is 5. The number of hydrogen-bond acceptors (Lipinski definition) is 23. The second-order valence-corrected chi connectivity index (χ2v) is 31.6. The molecular formula is C91H83F4N27O5. The van der Waals surface area contributed by atoms with E-state index in [1.165, 1.54) is 42.0 Å². The van der Waals surface area contributed by atoms with Gasteiger partial charge in [-0.3, -0.25) is 24.0 Å². The van der Waals surface area contributed by atoms with Crippen molar-refractivity contribution in [2.45, 2.75) is 122 Å². The molecule has 12 N–H and O–H groups in total. The number of nitrogens with zero attached hydrogens (tertiary/aromatic N) is 15. The van der Waals surface area contributed by atoms with Crippen molar-refractivity contribution in [2.24, 2.45) is 0 Å². The van der Waals surface area contributed by atoms with E-state index in [9.17, 15) is 41.5 Å². The number of nitrogens with one attached hydrogen (secondary N) is 12. The van der Waals surface area contributed by atoms with Gasteiger partial charge < -0.3 is 68.7 Å². The Morgan fingerprint density at radius 3 is 1.08 bits per heavy atom. The molecule has 4 aromatic carbocycles. The molecule has 0 spiro atoms. The lowest BCUT2D eigenvalue weighted by Gasteiger charge is -2.16. The van der Waals surface area contributed by atoms with Gasteiger partial charge in [-0.05, 0) is 171 Å². The van der Waals surface area contributed by atoms with Gasteiger partial charge in [-0.1, -0.05) is 39.8 Å². The van der Waals surface area contributed by atoms with Crippen LogP contribution in [0.2, 0.25) is 0 Å². The highest BCUT2D eigenvalue weighted by Gasteiger charge is 2.31. The van der Waals surface area contributed by atoms with E-state index in [-0.39, 0.29) is 84.4 Å². The van der Waals surface area contributed by atoms with Crippen molar-refractivity contribution in [3.05, 3.63) is 255 Å². The summed E-state index contributed by atoms with van der Waals surface area (Å²) in [6, 6.07) is 30.3. The van der Waals surface area contributed by atoms with E-state index in [0.29, 0.717) is 117 Å². The van der Waals surface area contributed by atoms with Crippen LogP contribution in [0.5, 0.6) is 0 Å². The molecule has 4 aliphatic carbocycles. The van der Waals surface area contributed by atoms with Crippen LogP contribution in [0.3, 0.4) is 0 Å². The zero-order chi connectivity index (χ0) is 87.3. The van der Waals surface area contributed by atoms with E-state index in [1.807, 2.05) is 59.5 Å². The van der Waals surface area contributed by atoms with Gasteiger partial charge in [0, 0.05) is 124 Å². The summed E-state index contributed by atoms with van der Waals surface area (Å²) in [5.74, 6) is 2.32. The molecule has 8 fully saturated rings. The van der Waals surface area contributed by atoms with Gasteiger partial charge in [0.25, 0.3) is 0 Å². The Kier molecular flexibility index (Phi) is 22.6. The van der Waals surface area contributed by atoms with Crippen LogP contribution in [-0.4, -0.2) is 119 Å². The molecule has 21 rings (SSSR count). The molecule has 4 saturated heterocycles. The maximum absolute atomic E-state index is 14.4. The van der Waals surface area contributed by atoms with Crippen LogP contribution in [0.25, 0.3) is 46.9 Å². The van der Waals surface area contributed by atoms with Gasteiger partial charge in [-0.25, -0.2) is 37.5 Å². The van der Waals surface area contributed by atoms with Gasteiger partial charge in [0.05, 0.1) is 90.8 Å². The predicted molar refractivity (Wildman–Crippen MR) is 475 cm³/mol. The van der Waals surface area contributed by atoms with E-state index in [4.69, 9.17) is 15.5 Å². The summed E-state index contributed by atoms with van der Waals surface area (Å²) < 4.78 is 63.3. The number of allylic oxidation sites excluding steroid dienone is 4. The molecule has 8 aromatic heterocycles. The Balaban J connectivity index is 0.000000119. The highest BCUT2D eigenvalue weighted by atomic mass is 19.1. The van der Waals surface area contributed by atoms with Crippen molar-refractivity contribution < 1.29 is 41.5 Å². The lowest BCUT2D eigenvalue weighted by molar-refractivity contribution is -0.119. The molecule has 13 heterocycles. The number of nitriles is 2. The number of benzene rings is 4. The third-order valence-electron chi connectivity index (χ3n) is 21.7. The number of halogens is 4. The van der Waals surface area contributed by atoms with Gasteiger partial charge >= 0.3 is 0 Å². The molecule has 12 aromatic rings. The van der Waals surface area contributed by atoms with Crippen molar-refractivity contribution in [3.63, 3.8) is 0 Å². The van der Waals surface area contributed by atoms with E-state index < -0.39 is 23.3 Å². The standard InChI is InChI=1S/C25H25N7O2.2C22H18FN7O.C21H18F2N6O.CH4/c1-14-17(10-24(34)27-14)9-18-13-26-32-23(29-19-5-6-19)12-22(30-25(18)32)28-20-4-3-16-7-8-31(15(2)33)21(16)11-20;2*1-12-14(8-21(31)26-12)7-15-11-25-30-20(27-16-3-4-16)9-19(29-22(15)30)28-18-5-2-13(10-24)6-17(18)23;1-11-12(7-20(30)25-11)6-13-10-24-29-19(26-15-3-4-15)9-18(28-21(13)29)27-17-8-14(22)2-5-16(17)23;/h3-4,9,11-13,19,29H,1,5-8,10H2,2H3,(H,27,34)(H,28,30);2*2,5-7,9,11,16,27H,1,3-4,8H2,(H,26,31)(H,28,29);2,5-6,8-10,15,26H,1,3-4,7H2,(H,25,30)(H,27,28);1H4/b17-9+;2*14-7+;12-6+;. The minimum atomic E-state index is -0.586. The van der Waals surface area contributed by atoms with Gasteiger partial charge in [0.15, 0.2) is 22.6 Å². The number of rotatable bonds is 20. The van der Waals surface area contributed by atoms with Crippen LogP contribution in [0.15, 0.2) is 193 Å². The summed E-state index contributed by atoms with van der Waals surface area (Å²) in [7, 11) is 0. The monoisotopic (exact) mass is 1710 g/mol. The van der Waals surface area contributed by atoms with Gasteiger partial charge in [0.2, 0.25) is 29.5 Å². The zero-order valence-corrected chi connectivity index (χ0v) is 67.7. The number of anilines is 13. The topological polar surface area (TPSA) is 401 Å². The van der Waals surface area contributed by atoms with Crippen LogP contribution in [0.1, 0.15) is 130 Å². The van der Waals surface area contributed by atoms with Gasteiger partial charge in [-0.2, -0.15) is 49.0 Å². The predicted octanol–water partition coefficient (Wildman–Crippen LogP) is 14.7. The first-order valence-electron chi connectivity index (χ1n) is 40.6. The van der Waals surface area contributed by atoms with Crippen molar-refractivity contribution in [2.75, 3.05) is 54.0 Å². The van der Waals surface area contributed by atoms with Crippen molar-refractivity contribution in [1.29, 1.82) is 10.5 Å². The van der Waals surface area contributed by atoms with E-state index in [0.717, 1.165) is 144 Å². The summed E-state index contributed by atoms with van der Waals surface area (Å²) in [5, 5.41) is 72.6. The molecule has 0 unspecified atom stereocenters. The first kappa shape index (κ1) is 83.0. The molecule has 640 valence electrons. The van der Waals surface area contributed by atoms with E-state index >= 15 is 0 Å². The Morgan fingerprint density at radius 1 is 0.433 bits per heavy atom. The average molecular weight is 1710 g/mol. The van der Waals surface area contributed by atoms with Gasteiger partial charge in [-0.15, -0.1) is 0 Å². The molecule has 0 radical (unpaired) electrons. The van der Waals surface area contributed by atoms with Crippen molar-refractivity contribution >= 4 is 151 Å². The van der Waals surface area contributed by atoms with Crippen molar-refractivity contribution in [3.8, 4) is 12.1 Å². The molecule has 32 nitrogen and oxygen atoms in total. The fourth-order valence-electron chi connectivity index (χ4n) is 14.6. The maximum atomic E-state index is 14.4. The normalized spacial score (nSPS) is 17.5. The largest absolute Gasteiger partial charge is 0.367 e. The minimum absolute atomic E-state index is 0. The number of carbonyl (C=O) groups excluding carboxylic acids is 5. The minimum Gasteiger partial charge on any atom is -0.367 e. The fraction of sp³-hybridized carbons (Fsp3) is 0.220. The van der Waals surface area contributed by atoms with Crippen LogP contribution in [0, 0.1) is 45.9 Å². The van der Waals surface area contributed by atoms with E-state index in [2.05, 4.69) is 132 Å². The second-order valence-electron chi connectivity index (χ2n) is 31.6. The summed E-state index contributed by atoms with van der Waals surface area (Å²) in [5.41, 5.74) is 14.5. The number of aromatic nitrogens is 12. The average Bonchev–Trinajstić information content (AvgIpc) is 1.65. The summed E-state index contributed by atoms with van der Waals surface area (Å²) in [6.45, 7) is 17.8. The molecule has 0 atom stereocenters. The lowest BCUT2D eigenvalue weighted by atomic mass is 10.1. The smallest absolute Gasteiger partial charge is 0.228 e. The zero-order valence-electron chi connectivity index (χ0n) is 67.7. The Bertz CT molecular complexity index is 6680. The molecule has 4 saturated carbocycles. The van der Waals surface area contributed by atoms with Crippen LogP contribution in [0.4, 0.5) is 92.5 Å². The van der Waals surface area contributed by atoms with E-state index in [1.54, 1.807) is 68.0 Å². The number of carbonyl (C=O) groups is 5. The van der Waals surface area contributed by atoms with Crippen LogP contribution in [-0.2, 0) is 30.4 Å². The molecule has 36 heteroatoms. The first-order valence-corrected chi connectivity index (χ1v) is 40.6. The van der Waals surface area contributed by atoms with Crippen molar-refractivity contribution in [1.82, 2.24) is 79.7 Å². The molecule has 5 aliphatic heterocycles. The third kappa shape index (κ3) is 18.7. The molecule has 0 bridgehead atoms. The van der Waals surface area contributed by atoms with Gasteiger partial charge in [0.1, 0.15) is 69.8 Å². The summed E-state index contributed by atoms with van der Waals surface area (Å²) >= 11 is 0. The SMILES string of the molecule is C.C=C1NC(=O)C/C1=C\c1cnn2c(NC3CC3)cc(Nc3cc(F)ccc3F)nc12.C=C1NC(=O)C/C1=C\c1cnn2c(NC3CC3)cc(Nc3ccc(C#N)cc3F)nc12.C=C1NC(=O)C/C1=C\c1cnn2c(NC3CC3)cc(Nc3ccc(C#N)cc3F)nc12.C=C1NC(=O)C/C1=C\c1cnn2c(NC3CC3)cc(Nc3ccc4c(c3)N(C(C)=O)CC4)nc12. The highest BCUT2D eigenvalue weighted by Crippen LogP contribution is 2.39. The third-order valence-corrected chi connectivity index (χ3v) is 21.7. The first-order chi connectivity index (χ1) is 60.9. The maximum Gasteiger partial charge on any atom is 0.228 e. The molecular weight excluding hydrogens is 1630 g/mol. The number of hydrogen-bond donors (Lipinski definition) is 12. The quantitative estimate of drug-likeness (QED) is 0.0315. The Labute approximate surface area is 723 Å². The second kappa shape index (κ2) is 34.6. The summed E-state index contributed by atoms with van der Waals surface area (Å²) in [4.78, 5) is 79.1. The highest BCUT2D eigenvalue weighted by molar-refractivity contribution is 5.96. The van der Waals surface area contributed by atoms with Crippen LogP contribution >= 0.6 is 0 Å². The molecule has 9 aliphatic rings. The summed E-state index contributed by atoms with van der Waals surface area (Å²) in [6.07, 6.45) is 24.7. The Hall–Kier alpha value is -16.3.